The van der Waals surface area contributed by atoms with Crippen LogP contribution in [0.15, 0.2) is 36.9 Å². The van der Waals surface area contributed by atoms with Gasteiger partial charge in [0.05, 0.1) is 35.4 Å². The Morgan fingerprint density at radius 1 is 1.35 bits per heavy atom. The zero-order chi connectivity index (χ0) is 21.6. The number of fused-ring (bicyclic) bond motifs is 1. The van der Waals surface area contributed by atoms with Crippen molar-refractivity contribution in [3.63, 3.8) is 0 Å². The van der Waals surface area contributed by atoms with E-state index in [1.165, 1.54) is 4.88 Å². The van der Waals surface area contributed by atoms with Gasteiger partial charge in [0, 0.05) is 23.3 Å². The molecule has 1 aromatic carbocycles. The fourth-order valence-electron chi connectivity index (χ4n) is 3.57. The molecule has 0 saturated heterocycles. The summed E-state index contributed by atoms with van der Waals surface area (Å²) < 4.78 is 9.09. The van der Waals surface area contributed by atoms with Crippen LogP contribution in [-0.4, -0.2) is 47.8 Å². The van der Waals surface area contributed by atoms with Gasteiger partial charge in [-0.3, -0.25) is 4.40 Å². The summed E-state index contributed by atoms with van der Waals surface area (Å²) in [6, 6.07) is 5.31. The van der Waals surface area contributed by atoms with E-state index < -0.39 is 6.10 Å². The van der Waals surface area contributed by atoms with E-state index in [-0.39, 0.29) is 12.0 Å². The number of nitrogens with zero attached hydrogens (tertiary/aromatic N) is 5. The van der Waals surface area contributed by atoms with E-state index in [0.29, 0.717) is 35.2 Å². The molecule has 31 heavy (non-hydrogen) atoms. The molecule has 1 saturated carbocycles. The number of thiazole rings is 1. The fraction of sp³-hybridized carbons (Fsp3) is 0.381. The summed E-state index contributed by atoms with van der Waals surface area (Å²) in [7, 11) is 0. The molecule has 2 N–H and O–H groups in total. The summed E-state index contributed by atoms with van der Waals surface area (Å²) >= 11 is 8.01. The quantitative estimate of drug-likeness (QED) is 0.391. The Morgan fingerprint density at radius 3 is 2.94 bits per heavy atom. The predicted octanol–water partition coefficient (Wildman–Crippen LogP) is 3.52. The minimum Gasteiger partial charge on any atom is -0.492 e. The van der Waals surface area contributed by atoms with Gasteiger partial charge in [-0.25, -0.2) is 9.67 Å². The van der Waals surface area contributed by atoms with Gasteiger partial charge in [0.1, 0.15) is 28.7 Å². The molecule has 0 amide bonds. The first-order valence-corrected chi connectivity index (χ1v) is 11.3. The van der Waals surface area contributed by atoms with Gasteiger partial charge in [-0.2, -0.15) is 0 Å². The zero-order valence-electron chi connectivity index (χ0n) is 16.9. The van der Waals surface area contributed by atoms with Gasteiger partial charge in [-0.05, 0) is 31.0 Å². The number of benzene rings is 1. The molecule has 1 unspecified atom stereocenters. The number of hydrogen-bond acceptors (Lipinski definition) is 7. The molecule has 5 rings (SSSR count). The number of hydrogen-bond donors (Lipinski definition) is 2. The van der Waals surface area contributed by atoms with Crippen LogP contribution in [0.1, 0.15) is 48.6 Å². The van der Waals surface area contributed by atoms with Gasteiger partial charge in [0.25, 0.3) is 0 Å². The maximum absolute atomic E-state index is 11.2. The molecule has 10 heteroatoms. The molecule has 1 aliphatic rings. The van der Waals surface area contributed by atoms with Crippen molar-refractivity contribution in [2.75, 3.05) is 13.2 Å². The van der Waals surface area contributed by atoms with Gasteiger partial charge in [-0.1, -0.05) is 23.7 Å². The Bertz CT molecular complexity index is 1230. The van der Waals surface area contributed by atoms with Crippen LogP contribution in [-0.2, 0) is 5.41 Å². The maximum atomic E-state index is 11.2. The molecule has 1 atom stereocenters. The number of rotatable bonds is 8. The monoisotopic (exact) mass is 459 g/mol. The first kappa shape index (κ1) is 20.4. The maximum Gasteiger partial charge on any atom is 0.141 e. The fourth-order valence-corrected chi connectivity index (χ4v) is 5.13. The Balaban J connectivity index is 1.43. The Morgan fingerprint density at radius 2 is 2.19 bits per heavy atom. The van der Waals surface area contributed by atoms with Crippen molar-refractivity contribution in [3.8, 4) is 11.4 Å². The molecule has 4 aromatic rings. The van der Waals surface area contributed by atoms with Gasteiger partial charge >= 0.3 is 0 Å². The molecule has 8 nitrogen and oxygen atoms in total. The summed E-state index contributed by atoms with van der Waals surface area (Å²) in [5.41, 5.74) is 2.08. The molecular formula is C21H22ClN5O3S. The molecule has 0 bridgehead atoms. The van der Waals surface area contributed by atoms with Crippen LogP contribution in [0.3, 0.4) is 0 Å². The van der Waals surface area contributed by atoms with Crippen LogP contribution in [0.4, 0.5) is 0 Å². The van der Waals surface area contributed by atoms with Crippen LogP contribution in [0, 0.1) is 0 Å². The van der Waals surface area contributed by atoms with Crippen molar-refractivity contribution < 1.29 is 14.9 Å². The van der Waals surface area contributed by atoms with Crippen molar-refractivity contribution in [1.29, 1.82) is 0 Å². The number of ether oxygens (including phenoxy) is 1. The summed E-state index contributed by atoms with van der Waals surface area (Å²) in [6.07, 6.45) is 7.11. The summed E-state index contributed by atoms with van der Waals surface area (Å²) in [4.78, 5) is 6.41. The third kappa shape index (κ3) is 3.71. The lowest BCUT2D eigenvalue weighted by Gasteiger charge is -2.13. The minimum absolute atomic E-state index is 0.0656. The highest BCUT2D eigenvalue weighted by Crippen LogP contribution is 2.53. The molecule has 0 spiro atoms. The third-order valence-corrected chi connectivity index (χ3v) is 7.35. The van der Waals surface area contributed by atoms with E-state index in [0.717, 1.165) is 23.4 Å². The first-order chi connectivity index (χ1) is 15.0. The minimum atomic E-state index is -0.916. The molecule has 0 radical (unpaired) electrons. The number of aliphatic hydroxyl groups is 2. The van der Waals surface area contributed by atoms with Gasteiger partial charge in [0.2, 0.25) is 0 Å². The highest BCUT2D eigenvalue weighted by molar-refractivity contribution is 7.17. The van der Waals surface area contributed by atoms with E-state index in [1.54, 1.807) is 40.7 Å². The van der Waals surface area contributed by atoms with E-state index in [1.807, 2.05) is 16.7 Å². The zero-order valence-corrected chi connectivity index (χ0v) is 18.5. The van der Waals surface area contributed by atoms with Crippen molar-refractivity contribution in [2.24, 2.45) is 0 Å². The normalized spacial score (nSPS) is 16.0. The second-order valence-electron chi connectivity index (χ2n) is 8.01. The summed E-state index contributed by atoms with van der Waals surface area (Å²) in [5, 5.41) is 29.0. The van der Waals surface area contributed by atoms with E-state index in [2.05, 4.69) is 22.2 Å². The summed E-state index contributed by atoms with van der Waals surface area (Å²) in [6.45, 7) is 2.68. The third-order valence-electron chi connectivity index (χ3n) is 5.64. The average molecular weight is 460 g/mol. The van der Waals surface area contributed by atoms with Crippen LogP contribution >= 0.6 is 22.9 Å². The topological polar surface area (TPSA) is 97.7 Å². The van der Waals surface area contributed by atoms with E-state index >= 15 is 0 Å². The van der Waals surface area contributed by atoms with Crippen LogP contribution in [0.5, 0.6) is 5.75 Å². The smallest absolute Gasteiger partial charge is 0.141 e. The van der Waals surface area contributed by atoms with Gasteiger partial charge in [0.15, 0.2) is 0 Å². The van der Waals surface area contributed by atoms with Crippen LogP contribution in [0.2, 0.25) is 5.02 Å². The Labute approximate surface area is 187 Å². The number of halogens is 1. The molecule has 1 aliphatic carbocycles. The first-order valence-electron chi connectivity index (χ1n) is 10.1. The lowest BCUT2D eigenvalue weighted by atomic mass is 10.0. The van der Waals surface area contributed by atoms with Crippen molar-refractivity contribution in [2.45, 2.75) is 37.7 Å². The molecule has 0 aliphatic heterocycles. The Kier molecular flexibility index (Phi) is 5.21. The lowest BCUT2D eigenvalue weighted by molar-refractivity contribution is 0.207. The van der Waals surface area contributed by atoms with Crippen LogP contribution < -0.4 is 4.74 Å². The molecule has 1 fully saturated rings. The number of aromatic nitrogens is 5. The average Bonchev–Trinajstić information content (AvgIpc) is 3.16. The van der Waals surface area contributed by atoms with Crippen molar-refractivity contribution >= 4 is 27.8 Å². The Hall–Kier alpha value is -2.46. The van der Waals surface area contributed by atoms with Crippen molar-refractivity contribution in [1.82, 2.24) is 24.4 Å². The predicted molar refractivity (Wildman–Crippen MR) is 117 cm³/mol. The highest BCUT2D eigenvalue weighted by atomic mass is 35.5. The lowest BCUT2D eigenvalue weighted by Crippen LogP contribution is -2.10. The number of imidazole rings is 1. The van der Waals surface area contributed by atoms with Gasteiger partial charge in [-0.15, -0.1) is 16.4 Å². The number of aliphatic hydroxyl groups excluding tert-OH is 2. The summed E-state index contributed by atoms with van der Waals surface area (Å²) in [5.74, 6) is 0.544. The molecule has 162 valence electrons. The highest BCUT2D eigenvalue weighted by Gasteiger charge is 2.44. The van der Waals surface area contributed by atoms with Crippen LogP contribution in [0.25, 0.3) is 10.5 Å². The standard InChI is InChI=1S/C21H22ClN5O3S/c1-21(5-6-21)20-18(26-12-23-10-17(26)31-20)19(29)15-11-27(25-24-15)13-3-4-16(14(22)9-13)30-8-2-7-28/h3-4,9-12,19,28-29H,2,5-8H2,1H3. The molecule has 3 aromatic heterocycles. The molecular weight excluding hydrogens is 438 g/mol. The second-order valence-corrected chi connectivity index (χ2v) is 9.45. The van der Waals surface area contributed by atoms with E-state index in [4.69, 9.17) is 21.4 Å². The van der Waals surface area contributed by atoms with Crippen molar-refractivity contribution in [3.05, 3.63) is 58.2 Å². The largest absolute Gasteiger partial charge is 0.492 e. The molecule has 3 heterocycles. The second kappa shape index (κ2) is 7.90. The SMILES string of the molecule is CC1(c2sc3cncn3c2C(O)c2cn(-c3ccc(OCCCO)c(Cl)c3)nn2)CC1. The van der Waals surface area contributed by atoms with Gasteiger partial charge < -0.3 is 14.9 Å². The van der Waals surface area contributed by atoms with E-state index in [9.17, 15) is 5.11 Å².